The molecule has 0 atom stereocenters. The van der Waals surface area contributed by atoms with Crippen molar-refractivity contribution in [1.29, 1.82) is 0 Å². The van der Waals surface area contributed by atoms with Crippen LogP contribution in [0.25, 0.3) is 10.8 Å². The SMILES string of the molecule is COc1ccccc1N=Cc1c(O)c(C(=O)Nc2ccccc2)cc2ccccc12. The molecular weight excluding hydrogens is 376 g/mol. The number of aromatic hydroxyl groups is 1. The van der Waals surface area contributed by atoms with E-state index in [0.717, 1.165) is 10.8 Å². The zero-order chi connectivity index (χ0) is 20.9. The number of anilines is 1. The molecule has 2 N–H and O–H groups in total. The number of ether oxygens (including phenoxy) is 1. The number of nitrogens with one attached hydrogen (secondary N) is 1. The number of phenols is 1. The van der Waals surface area contributed by atoms with Gasteiger partial charge in [0, 0.05) is 17.5 Å². The van der Waals surface area contributed by atoms with Crippen LogP contribution in [0, 0.1) is 0 Å². The van der Waals surface area contributed by atoms with Crippen molar-refractivity contribution in [2.45, 2.75) is 0 Å². The van der Waals surface area contributed by atoms with Crippen LogP contribution in [0.15, 0.2) is 89.9 Å². The van der Waals surface area contributed by atoms with Gasteiger partial charge in [0.2, 0.25) is 0 Å². The zero-order valence-electron chi connectivity index (χ0n) is 16.4. The predicted molar refractivity (Wildman–Crippen MR) is 120 cm³/mol. The molecule has 0 bridgehead atoms. The van der Waals surface area contributed by atoms with Crippen molar-refractivity contribution in [3.63, 3.8) is 0 Å². The summed E-state index contributed by atoms with van der Waals surface area (Å²) in [6, 6.07) is 25.7. The lowest BCUT2D eigenvalue weighted by Gasteiger charge is -2.12. The lowest BCUT2D eigenvalue weighted by molar-refractivity contribution is 0.102. The number of fused-ring (bicyclic) bond motifs is 1. The normalized spacial score (nSPS) is 11.0. The third kappa shape index (κ3) is 3.86. The van der Waals surface area contributed by atoms with E-state index in [1.54, 1.807) is 31.5 Å². The highest BCUT2D eigenvalue weighted by molar-refractivity contribution is 6.13. The van der Waals surface area contributed by atoms with Crippen molar-refractivity contribution in [3.05, 3.63) is 96.1 Å². The smallest absolute Gasteiger partial charge is 0.259 e. The Morgan fingerprint density at radius 3 is 2.47 bits per heavy atom. The second kappa shape index (κ2) is 8.49. The monoisotopic (exact) mass is 396 g/mol. The Labute approximate surface area is 174 Å². The molecule has 4 aromatic rings. The number of methoxy groups -OCH3 is 1. The molecular formula is C25H20N2O3. The van der Waals surface area contributed by atoms with Crippen LogP contribution in [0.3, 0.4) is 0 Å². The lowest BCUT2D eigenvalue weighted by Crippen LogP contribution is -2.12. The number of carbonyl (C=O) groups is 1. The van der Waals surface area contributed by atoms with Crippen molar-refractivity contribution in [1.82, 2.24) is 0 Å². The van der Waals surface area contributed by atoms with Crippen molar-refractivity contribution in [3.8, 4) is 11.5 Å². The maximum Gasteiger partial charge on any atom is 0.259 e. The number of para-hydroxylation sites is 3. The Morgan fingerprint density at radius 1 is 0.967 bits per heavy atom. The molecule has 0 radical (unpaired) electrons. The molecule has 0 aromatic heterocycles. The quantitative estimate of drug-likeness (QED) is 0.434. The van der Waals surface area contributed by atoms with Gasteiger partial charge < -0.3 is 15.2 Å². The van der Waals surface area contributed by atoms with E-state index in [9.17, 15) is 9.90 Å². The van der Waals surface area contributed by atoms with Gasteiger partial charge in [-0.2, -0.15) is 0 Å². The van der Waals surface area contributed by atoms with Crippen LogP contribution in [-0.4, -0.2) is 24.3 Å². The largest absolute Gasteiger partial charge is 0.506 e. The standard InChI is InChI=1S/C25H20N2O3/c1-30-23-14-8-7-13-22(23)26-16-21-19-12-6-5-9-17(19)15-20(24(21)28)25(29)27-18-10-3-2-4-11-18/h2-16,28H,1H3,(H,27,29). The molecule has 0 unspecified atom stereocenters. The lowest BCUT2D eigenvalue weighted by atomic mass is 9.99. The predicted octanol–water partition coefficient (Wildman–Crippen LogP) is 5.56. The first-order chi connectivity index (χ1) is 14.7. The van der Waals surface area contributed by atoms with Crippen LogP contribution in [-0.2, 0) is 0 Å². The van der Waals surface area contributed by atoms with E-state index >= 15 is 0 Å². The molecule has 148 valence electrons. The van der Waals surface area contributed by atoms with E-state index in [-0.39, 0.29) is 11.3 Å². The van der Waals surface area contributed by atoms with Crippen molar-refractivity contribution >= 4 is 34.3 Å². The third-order valence-electron chi connectivity index (χ3n) is 4.76. The number of aliphatic imine (C=N–C) groups is 1. The van der Waals surface area contributed by atoms with Crippen LogP contribution < -0.4 is 10.1 Å². The summed E-state index contributed by atoms with van der Waals surface area (Å²) in [6.07, 6.45) is 1.56. The molecule has 0 saturated carbocycles. The van der Waals surface area contributed by atoms with Crippen LogP contribution in [0.5, 0.6) is 11.5 Å². The van der Waals surface area contributed by atoms with Gasteiger partial charge in [-0.25, -0.2) is 0 Å². The molecule has 0 spiro atoms. The van der Waals surface area contributed by atoms with E-state index in [1.165, 1.54) is 0 Å². The average molecular weight is 396 g/mol. The first-order valence-electron chi connectivity index (χ1n) is 9.45. The van der Waals surface area contributed by atoms with E-state index in [1.807, 2.05) is 66.7 Å². The molecule has 5 heteroatoms. The van der Waals surface area contributed by atoms with Gasteiger partial charge in [0.25, 0.3) is 5.91 Å². The van der Waals surface area contributed by atoms with Gasteiger partial charge in [-0.1, -0.05) is 54.6 Å². The van der Waals surface area contributed by atoms with Gasteiger partial charge in [-0.3, -0.25) is 9.79 Å². The van der Waals surface area contributed by atoms with Gasteiger partial charge in [0.05, 0.1) is 12.7 Å². The summed E-state index contributed by atoms with van der Waals surface area (Å²) in [5.74, 6) is 0.104. The summed E-state index contributed by atoms with van der Waals surface area (Å²) in [7, 11) is 1.58. The fourth-order valence-corrected chi connectivity index (χ4v) is 3.26. The number of nitrogens with zero attached hydrogens (tertiary/aromatic N) is 1. The Balaban J connectivity index is 1.79. The van der Waals surface area contributed by atoms with Gasteiger partial charge in [-0.15, -0.1) is 0 Å². The molecule has 0 aliphatic heterocycles. The summed E-state index contributed by atoms with van der Waals surface area (Å²) in [4.78, 5) is 17.4. The van der Waals surface area contributed by atoms with Crippen molar-refractivity contribution < 1.29 is 14.6 Å². The maximum atomic E-state index is 12.9. The zero-order valence-corrected chi connectivity index (χ0v) is 16.4. The maximum absolute atomic E-state index is 12.9. The third-order valence-corrected chi connectivity index (χ3v) is 4.76. The highest BCUT2D eigenvalue weighted by atomic mass is 16.5. The number of amides is 1. The van der Waals surface area contributed by atoms with Gasteiger partial charge in [0.15, 0.2) is 0 Å². The van der Waals surface area contributed by atoms with E-state index in [2.05, 4.69) is 10.3 Å². The summed E-state index contributed by atoms with van der Waals surface area (Å²) >= 11 is 0. The Kier molecular flexibility index (Phi) is 5.44. The number of carbonyl (C=O) groups excluding carboxylic acids is 1. The highest BCUT2D eigenvalue weighted by Gasteiger charge is 2.17. The van der Waals surface area contributed by atoms with E-state index in [0.29, 0.717) is 22.7 Å². The molecule has 5 nitrogen and oxygen atoms in total. The number of phenolic OH excluding ortho intramolecular Hbond substituents is 1. The second-order valence-electron chi connectivity index (χ2n) is 6.66. The Morgan fingerprint density at radius 2 is 1.67 bits per heavy atom. The average Bonchev–Trinajstić information content (AvgIpc) is 2.79. The Bertz CT molecular complexity index is 1230. The van der Waals surface area contributed by atoms with Crippen molar-refractivity contribution in [2.24, 2.45) is 4.99 Å². The van der Waals surface area contributed by atoms with E-state index in [4.69, 9.17) is 4.74 Å². The Hall–Kier alpha value is -4.12. The first-order valence-corrected chi connectivity index (χ1v) is 9.45. The highest BCUT2D eigenvalue weighted by Crippen LogP contribution is 2.32. The fourth-order valence-electron chi connectivity index (χ4n) is 3.26. The summed E-state index contributed by atoms with van der Waals surface area (Å²) in [5, 5.41) is 15.4. The molecule has 0 heterocycles. The molecule has 0 saturated heterocycles. The first kappa shape index (κ1) is 19.2. The number of hydrogen-bond donors (Lipinski definition) is 2. The number of benzene rings is 4. The minimum atomic E-state index is -0.392. The molecule has 0 aliphatic carbocycles. The van der Waals surface area contributed by atoms with E-state index < -0.39 is 5.91 Å². The number of rotatable bonds is 5. The van der Waals surface area contributed by atoms with Crippen LogP contribution in [0.1, 0.15) is 15.9 Å². The van der Waals surface area contributed by atoms with Crippen LogP contribution in [0.2, 0.25) is 0 Å². The van der Waals surface area contributed by atoms with Gasteiger partial charge in [0.1, 0.15) is 17.2 Å². The summed E-state index contributed by atoms with van der Waals surface area (Å²) in [5.41, 5.74) is 1.93. The molecule has 1 amide bonds. The fraction of sp³-hybridized carbons (Fsp3) is 0.0400. The molecule has 30 heavy (non-hydrogen) atoms. The van der Waals surface area contributed by atoms with Crippen LogP contribution in [0.4, 0.5) is 11.4 Å². The molecule has 0 aliphatic rings. The molecule has 4 aromatic carbocycles. The second-order valence-corrected chi connectivity index (χ2v) is 6.66. The number of hydrogen-bond acceptors (Lipinski definition) is 4. The van der Waals surface area contributed by atoms with Crippen LogP contribution >= 0.6 is 0 Å². The minimum Gasteiger partial charge on any atom is -0.506 e. The molecule has 0 fully saturated rings. The minimum absolute atomic E-state index is 0.124. The summed E-state index contributed by atoms with van der Waals surface area (Å²) in [6.45, 7) is 0. The van der Waals surface area contributed by atoms with Crippen molar-refractivity contribution in [2.75, 3.05) is 12.4 Å². The molecule has 4 rings (SSSR count). The van der Waals surface area contributed by atoms with Gasteiger partial charge >= 0.3 is 0 Å². The summed E-state index contributed by atoms with van der Waals surface area (Å²) < 4.78 is 5.34. The topological polar surface area (TPSA) is 70.9 Å². The van der Waals surface area contributed by atoms with Gasteiger partial charge in [-0.05, 0) is 41.1 Å².